The van der Waals surface area contributed by atoms with E-state index in [2.05, 4.69) is 21.4 Å². The Morgan fingerprint density at radius 2 is 1.05 bits per heavy atom. The molecule has 41 heavy (non-hydrogen) atoms. The van der Waals surface area contributed by atoms with Gasteiger partial charge in [-0.15, -0.1) is 0 Å². The lowest BCUT2D eigenvalue weighted by molar-refractivity contribution is -0.122. The molecule has 6 heteroatoms. The van der Waals surface area contributed by atoms with E-state index in [0.29, 0.717) is 5.71 Å². The van der Waals surface area contributed by atoms with Crippen molar-refractivity contribution in [1.29, 1.82) is 10.5 Å². The highest BCUT2D eigenvalue weighted by molar-refractivity contribution is 6.14. The van der Waals surface area contributed by atoms with E-state index in [1.807, 2.05) is 148 Å². The molecule has 1 atom stereocenters. The zero-order valence-electron chi connectivity index (χ0n) is 23.5. The average molecular weight is 540 g/mol. The number of nitrogens with zero attached hydrogens (tertiary/aromatic N) is 4. The highest BCUT2D eigenvalue weighted by atomic mass is 16.2. The fourth-order valence-corrected chi connectivity index (χ4v) is 3.88. The van der Waals surface area contributed by atoms with E-state index in [-0.39, 0.29) is 6.54 Å². The number of nitriles is 2. The van der Waals surface area contributed by atoms with Crippen LogP contribution in [-0.4, -0.2) is 35.5 Å². The first-order chi connectivity index (χ1) is 19.8. The predicted octanol–water partition coefficient (Wildman–Crippen LogP) is 6.38. The molecule has 0 aliphatic carbocycles. The van der Waals surface area contributed by atoms with Gasteiger partial charge in [-0.1, -0.05) is 121 Å². The van der Waals surface area contributed by atoms with Crippen LogP contribution >= 0.6 is 0 Å². The number of carbonyl (C=O) groups excluding carboxylic acids is 1. The topological polar surface area (TPSA) is 101 Å². The van der Waals surface area contributed by atoms with E-state index in [4.69, 9.17) is 5.26 Å². The maximum Gasteiger partial charge on any atom is 0.259 e. The van der Waals surface area contributed by atoms with Gasteiger partial charge in [0, 0.05) is 27.8 Å². The minimum atomic E-state index is -1.10. The van der Waals surface area contributed by atoms with Crippen molar-refractivity contribution in [2.75, 3.05) is 6.54 Å². The standard InChI is InChI=1S/C20H21N3O.C15H12N2/c1-20(2,3)23-19(24)17(14-21)22-18(15-10-6-4-7-11-15)16-12-8-5-9-13-16;16-11-12-17-15(13-7-3-1-4-8-13)14-9-5-2-6-10-14/h4-13,17H,1-3H3,(H,23,24);1-10H,12H2. The molecule has 0 fully saturated rings. The summed E-state index contributed by atoms with van der Waals surface area (Å²) in [5.41, 5.74) is 4.89. The Morgan fingerprint density at radius 3 is 1.37 bits per heavy atom. The Bertz CT molecular complexity index is 1440. The van der Waals surface area contributed by atoms with Gasteiger partial charge >= 0.3 is 0 Å². The zero-order chi connectivity index (χ0) is 29.5. The highest BCUT2D eigenvalue weighted by Crippen LogP contribution is 2.13. The first-order valence-corrected chi connectivity index (χ1v) is 13.2. The van der Waals surface area contributed by atoms with Gasteiger partial charge in [-0.25, -0.2) is 0 Å². The summed E-state index contributed by atoms with van der Waals surface area (Å²) in [5.74, 6) is -0.394. The fraction of sp³-hybridized carbons (Fsp3) is 0.171. The second kappa shape index (κ2) is 15.3. The van der Waals surface area contributed by atoms with Gasteiger partial charge in [0.15, 0.2) is 0 Å². The van der Waals surface area contributed by atoms with Crippen LogP contribution in [0.4, 0.5) is 0 Å². The van der Waals surface area contributed by atoms with E-state index in [0.717, 1.165) is 28.0 Å². The summed E-state index contributed by atoms with van der Waals surface area (Å²) in [6, 6.07) is 41.9. The summed E-state index contributed by atoms with van der Waals surface area (Å²) < 4.78 is 0. The molecule has 0 bridgehead atoms. The number of benzene rings is 4. The molecule has 4 aromatic carbocycles. The summed E-state index contributed by atoms with van der Waals surface area (Å²) in [6.07, 6.45) is 0. The molecule has 204 valence electrons. The Labute approximate surface area is 242 Å². The lowest BCUT2D eigenvalue weighted by Gasteiger charge is -2.21. The minimum absolute atomic E-state index is 0.180. The lowest BCUT2D eigenvalue weighted by atomic mass is 10.0. The Morgan fingerprint density at radius 1 is 0.683 bits per heavy atom. The molecule has 1 amide bonds. The van der Waals surface area contributed by atoms with Gasteiger partial charge in [-0.3, -0.25) is 14.8 Å². The van der Waals surface area contributed by atoms with Crippen LogP contribution in [0.5, 0.6) is 0 Å². The Kier molecular flexibility index (Phi) is 11.3. The van der Waals surface area contributed by atoms with Crippen molar-refractivity contribution in [2.45, 2.75) is 32.4 Å². The Balaban J connectivity index is 0.000000239. The van der Waals surface area contributed by atoms with Crippen LogP contribution in [0.3, 0.4) is 0 Å². The normalized spacial score (nSPS) is 10.9. The summed E-state index contributed by atoms with van der Waals surface area (Å²) in [6.45, 7) is 5.80. The summed E-state index contributed by atoms with van der Waals surface area (Å²) in [7, 11) is 0. The third-order valence-electron chi connectivity index (χ3n) is 5.62. The monoisotopic (exact) mass is 539 g/mol. The van der Waals surface area contributed by atoms with Gasteiger partial charge in [0.2, 0.25) is 6.04 Å². The van der Waals surface area contributed by atoms with Gasteiger partial charge in [0.25, 0.3) is 5.91 Å². The minimum Gasteiger partial charge on any atom is -0.349 e. The molecule has 0 heterocycles. The summed E-state index contributed by atoms with van der Waals surface area (Å²) >= 11 is 0. The van der Waals surface area contributed by atoms with Crippen molar-refractivity contribution in [2.24, 2.45) is 9.98 Å². The van der Waals surface area contributed by atoms with Crippen LogP contribution < -0.4 is 5.32 Å². The maximum absolute atomic E-state index is 12.3. The summed E-state index contributed by atoms with van der Waals surface area (Å²) in [5, 5.41) is 20.9. The van der Waals surface area contributed by atoms with E-state index in [1.54, 1.807) is 0 Å². The maximum atomic E-state index is 12.3. The van der Waals surface area contributed by atoms with Crippen molar-refractivity contribution in [1.82, 2.24) is 5.32 Å². The fourth-order valence-electron chi connectivity index (χ4n) is 3.88. The van der Waals surface area contributed by atoms with Crippen LogP contribution in [-0.2, 0) is 4.79 Å². The molecule has 4 rings (SSSR count). The Hall–Kier alpha value is -5.33. The number of amides is 1. The second-order valence-electron chi connectivity index (χ2n) is 10.0. The van der Waals surface area contributed by atoms with Gasteiger partial charge in [-0.05, 0) is 20.8 Å². The molecular formula is C35H33N5O. The molecule has 0 radical (unpaired) electrons. The van der Waals surface area contributed by atoms with Gasteiger partial charge in [0.05, 0.1) is 23.6 Å². The van der Waals surface area contributed by atoms with E-state index in [9.17, 15) is 10.1 Å². The number of nitrogens with one attached hydrogen (secondary N) is 1. The quantitative estimate of drug-likeness (QED) is 0.218. The molecule has 0 saturated heterocycles. The lowest BCUT2D eigenvalue weighted by Crippen LogP contribution is -2.45. The van der Waals surface area contributed by atoms with Crippen molar-refractivity contribution >= 4 is 17.3 Å². The van der Waals surface area contributed by atoms with Crippen molar-refractivity contribution in [3.8, 4) is 12.1 Å². The largest absolute Gasteiger partial charge is 0.349 e. The third-order valence-corrected chi connectivity index (χ3v) is 5.62. The number of hydrogen-bond donors (Lipinski definition) is 1. The van der Waals surface area contributed by atoms with Gasteiger partial charge in [-0.2, -0.15) is 10.5 Å². The van der Waals surface area contributed by atoms with Crippen molar-refractivity contribution < 1.29 is 4.79 Å². The van der Waals surface area contributed by atoms with E-state index >= 15 is 0 Å². The van der Waals surface area contributed by atoms with Crippen molar-refractivity contribution in [3.63, 3.8) is 0 Å². The number of hydrogen-bond acceptors (Lipinski definition) is 5. The highest BCUT2D eigenvalue weighted by Gasteiger charge is 2.23. The van der Waals surface area contributed by atoms with Crippen LogP contribution in [0.1, 0.15) is 43.0 Å². The van der Waals surface area contributed by atoms with Crippen LogP contribution in [0, 0.1) is 22.7 Å². The zero-order valence-corrected chi connectivity index (χ0v) is 23.5. The smallest absolute Gasteiger partial charge is 0.259 e. The molecule has 4 aromatic rings. The molecule has 6 nitrogen and oxygen atoms in total. The van der Waals surface area contributed by atoms with Crippen LogP contribution in [0.15, 0.2) is 131 Å². The molecule has 1 N–H and O–H groups in total. The first-order valence-electron chi connectivity index (χ1n) is 13.2. The predicted molar refractivity (Wildman–Crippen MR) is 165 cm³/mol. The third kappa shape index (κ3) is 9.73. The summed E-state index contributed by atoms with van der Waals surface area (Å²) in [4.78, 5) is 21.1. The number of carbonyl (C=O) groups is 1. The molecular weight excluding hydrogens is 506 g/mol. The second-order valence-corrected chi connectivity index (χ2v) is 10.0. The number of aliphatic imine (C=N–C) groups is 2. The molecule has 1 unspecified atom stereocenters. The molecule has 0 aliphatic rings. The SMILES string of the molecule is CC(C)(C)NC(=O)C(C#N)N=C(c1ccccc1)c1ccccc1.N#CCN=C(c1ccccc1)c1ccccc1. The number of rotatable bonds is 7. The molecule has 0 aromatic heterocycles. The molecule has 0 aliphatic heterocycles. The van der Waals surface area contributed by atoms with Gasteiger partial charge < -0.3 is 5.32 Å². The van der Waals surface area contributed by atoms with Crippen LogP contribution in [0.25, 0.3) is 0 Å². The molecule has 0 spiro atoms. The van der Waals surface area contributed by atoms with Gasteiger partial charge in [0.1, 0.15) is 6.54 Å². The average Bonchev–Trinajstić information content (AvgIpc) is 2.99. The van der Waals surface area contributed by atoms with Crippen LogP contribution in [0.2, 0.25) is 0 Å². The van der Waals surface area contributed by atoms with E-state index in [1.165, 1.54) is 0 Å². The molecule has 0 saturated carbocycles. The first kappa shape index (κ1) is 30.2. The van der Waals surface area contributed by atoms with Crippen molar-refractivity contribution in [3.05, 3.63) is 144 Å². The van der Waals surface area contributed by atoms with E-state index < -0.39 is 17.5 Å².